The fraction of sp³-hybridized carbons (Fsp3) is 0.760. The van der Waals surface area contributed by atoms with Crippen LogP contribution >= 0.6 is 0 Å². The predicted molar refractivity (Wildman–Crippen MR) is 158 cm³/mol. The molecule has 0 unspecified atom stereocenters. The molecule has 17 N–H and O–H groups in total. The number of hydrogen-bond acceptors (Lipinski definition) is 11. The second kappa shape index (κ2) is 22.0. The lowest BCUT2D eigenvalue weighted by Crippen LogP contribution is -2.60. The Kier molecular flexibility index (Phi) is 20.2. The molecule has 0 rings (SSSR count). The number of guanidine groups is 1. The zero-order valence-corrected chi connectivity index (χ0v) is 24.7. The molecule has 248 valence electrons. The highest BCUT2D eigenvalue weighted by molar-refractivity contribution is 5.95. The lowest BCUT2D eigenvalue weighted by molar-refractivity contribution is -0.144. The smallest absolute Gasteiger partial charge is 0.328 e. The van der Waals surface area contributed by atoms with Gasteiger partial charge in [0, 0.05) is 6.54 Å². The summed E-state index contributed by atoms with van der Waals surface area (Å²) in [4.78, 5) is 67.0. The van der Waals surface area contributed by atoms with Gasteiger partial charge in [0.25, 0.3) is 0 Å². The number of carboxylic acids is 1. The molecule has 0 bridgehead atoms. The number of aliphatic carboxylic acids is 1. The Hall–Kier alpha value is -3.58. The van der Waals surface area contributed by atoms with Gasteiger partial charge in [-0.15, -0.1) is 0 Å². The minimum atomic E-state index is -1.67. The maximum absolute atomic E-state index is 13.4. The van der Waals surface area contributed by atoms with Crippen LogP contribution in [0.15, 0.2) is 4.99 Å². The third-order valence-corrected chi connectivity index (χ3v) is 6.32. The van der Waals surface area contributed by atoms with E-state index in [9.17, 15) is 34.2 Å². The van der Waals surface area contributed by atoms with Gasteiger partial charge in [-0.1, -0.05) is 6.42 Å². The highest BCUT2D eigenvalue weighted by atomic mass is 16.4. The zero-order valence-electron chi connectivity index (χ0n) is 24.7. The number of rotatable bonds is 23. The van der Waals surface area contributed by atoms with Crippen molar-refractivity contribution in [2.45, 2.75) is 94.6 Å². The summed E-state index contributed by atoms with van der Waals surface area (Å²) in [5.41, 5.74) is 27.7. The van der Waals surface area contributed by atoms with Gasteiger partial charge in [-0.05, 0) is 65.0 Å². The van der Waals surface area contributed by atoms with Crippen LogP contribution in [-0.4, -0.2) is 113 Å². The lowest BCUT2D eigenvalue weighted by Gasteiger charge is -2.27. The SMILES string of the molecule is C[C@@H](O)[C@H](NC(=O)[C@H](CCCCN)NC(=O)[C@H](CCCN=C(N)N)NC(=O)[C@@H](N)CCCCN)C(=O)N[C@@H](CO)C(=O)O. The first-order valence-corrected chi connectivity index (χ1v) is 14.2. The number of nitrogens with two attached hydrogens (primary N) is 5. The molecular formula is C25H50N10O8. The summed E-state index contributed by atoms with van der Waals surface area (Å²) in [6, 6.07) is -6.53. The molecule has 6 atom stereocenters. The number of amides is 4. The average Bonchev–Trinajstić information content (AvgIpc) is 2.94. The van der Waals surface area contributed by atoms with Gasteiger partial charge in [0.05, 0.1) is 18.8 Å². The van der Waals surface area contributed by atoms with Crippen molar-refractivity contribution in [3.8, 4) is 0 Å². The Morgan fingerprint density at radius 3 is 1.70 bits per heavy atom. The minimum Gasteiger partial charge on any atom is -0.480 e. The van der Waals surface area contributed by atoms with E-state index < -0.39 is 72.5 Å². The Morgan fingerprint density at radius 2 is 1.21 bits per heavy atom. The predicted octanol–water partition coefficient (Wildman–Crippen LogP) is -4.98. The molecular weight excluding hydrogens is 568 g/mol. The monoisotopic (exact) mass is 618 g/mol. The number of aliphatic imine (C=N–C) groups is 1. The maximum atomic E-state index is 13.4. The van der Waals surface area contributed by atoms with E-state index in [1.807, 2.05) is 5.32 Å². The second-order valence-electron chi connectivity index (χ2n) is 10.1. The molecule has 0 radical (unpaired) electrons. The van der Waals surface area contributed by atoms with Crippen LogP contribution in [0.2, 0.25) is 0 Å². The molecule has 4 amide bonds. The second-order valence-corrected chi connectivity index (χ2v) is 10.1. The summed E-state index contributed by atoms with van der Waals surface area (Å²) >= 11 is 0. The van der Waals surface area contributed by atoms with Crippen LogP contribution in [0.5, 0.6) is 0 Å². The summed E-state index contributed by atoms with van der Waals surface area (Å²) in [6.45, 7) is 1.19. The molecule has 0 heterocycles. The van der Waals surface area contributed by atoms with Gasteiger partial charge >= 0.3 is 5.97 Å². The van der Waals surface area contributed by atoms with Gasteiger partial charge < -0.3 is 65.3 Å². The van der Waals surface area contributed by atoms with Gasteiger partial charge in [-0.2, -0.15) is 0 Å². The minimum absolute atomic E-state index is 0.0879. The first kappa shape index (κ1) is 39.4. The summed E-state index contributed by atoms with van der Waals surface area (Å²) in [5, 5.41) is 38.0. The van der Waals surface area contributed by atoms with Gasteiger partial charge in [-0.3, -0.25) is 24.2 Å². The molecule has 18 nitrogen and oxygen atoms in total. The third-order valence-electron chi connectivity index (χ3n) is 6.32. The molecule has 0 fully saturated rings. The van der Waals surface area contributed by atoms with Crippen molar-refractivity contribution < 1.29 is 39.3 Å². The Morgan fingerprint density at radius 1 is 0.721 bits per heavy atom. The molecule has 0 aliphatic carbocycles. The third kappa shape index (κ3) is 16.6. The first-order valence-electron chi connectivity index (χ1n) is 14.2. The van der Waals surface area contributed by atoms with Crippen LogP contribution in [0.3, 0.4) is 0 Å². The molecule has 0 aromatic rings. The number of aliphatic hydroxyl groups is 2. The van der Waals surface area contributed by atoms with Crippen LogP contribution in [0.4, 0.5) is 0 Å². The van der Waals surface area contributed by atoms with Gasteiger partial charge in [-0.25, -0.2) is 4.79 Å². The number of nitrogens with zero attached hydrogens (tertiary/aromatic N) is 1. The van der Waals surface area contributed by atoms with Gasteiger partial charge in [0.15, 0.2) is 5.96 Å². The largest absolute Gasteiger partial charge is 0.480 e. The number of hydrogen-bond donors (Lipinski definition) is 12. The molecule has 18 heteroatoms. The average molecular weight is 619 g/mol. The van der Waals surface area contributed by atoms with Crippen molar-refractivity contribution in [3.63, 3.8) is 0 Å². The van der Waals surface area contributed by atoms with Crippen LogP contribution in [0.25, 0.3) is 0 Å². The van der Waals surface area contributed by atoms with E-state index in [1.54, 1.807) is 0 Å². The van der Waals surface area contributed by atoms with Crippen molar-refractivity contribution in [2.75, 3.05) is 26.2 Å². The van der Waals surface area contributed by atoms with Crippen molar-refractivity contribution in [2.24, 2.45) is 33.7 Å². The summed E-state index contributed by atoms with van der Waals surface area (Å²) in [7, 11) is 0. The number of unbranched alkanes of at least 4 members (excludes halogenated alkanes) is 2. The molecule has 0 aromatic heterocycles. The standard InChI is InChI=1S/C25H50N10O8/c1-14(37)19(23(41)34-18(13-36)24(42)43)35-22(40)16(8-3-5-11-27)33-21(39)17(9-6-12-31-25(29)30)32-20(38)15(28)7-2-4-10-26/h14-19,36-37H,2-13,26-28H2,1H3,(H,32,38)(H,33,39)(H,34,41)(H,35,40)(H,42,43)(H4,29,30,31)/t14-,15+,16+,17+,18+,19+/m1/s1. The number of nitrogens with one attached hydrogen (secondary N) is 4. The summed E-state index contributed by atoms with van der Waals surface area (Å²) in [5.74, 6) is -4.88. The Labute approximate surface area is 250 Å². The van der Waals surface area contributed by atoms with E-state index >= 15 is 0 Å². The molecule has 0 spiro atoms. The van der Waals surface area contributed by atoms with E-state index in [0.29, 0.717) is 51.6 Å². The van der Waals surface area contributed by atoms with E-state index in [1.165, 1.54) is 6.92 Å². The normalized spacial score (nSPS) is 15.1. The fourth-order valence-electron chi connectivity index (χ4n) is 3.83. The molecule has 0 aromatic carbocycles. The van der Waals surface area contributed by atoms with Crippen molar-refractivity contribution in [1.29, 1.82) is 0 Å². The topological polar surface area (TPSA) is 337 Å². The summed E-state index contributed by atoms with van der Waals surface area (Å²) < 4.78 is 0. The van der Waals surface area contributed by atoms with Crippen molar-refractivity contribution >= 4 is 35.6 Å². The molecule has 0 saturated heterocycles. The molecule has 43 heavy (non-hydrogen) atoms. The van der Waals surface area contributed by atoms with Gasteiger partial charge in [0.2, 0.25) is 23.6 Å². The van der Waals surface area contributed by atoms with Crippen molar-refractivity contribution in [1.82, 2.24) is 21.3 Å². The van der Waals surface area contributed by atoms with Crippen LogP contribution in [0.1, 0.15) is 58.3 Å². The van der Waals surface area contributed by atoms with Crippen LogP contribution in [0, 0.1) is 0 Å². The molecule has 0 aliphatic heterocycles. The highest BCUT2D eigenvalue weighted by Gasteiger charge is 2.33. The fourth-order valence-corrected chi connectivity index (χ4v) is 3.83. The quantitative estimate of drug-likeness (QED) is 0.0290. The zero-order chi connectivity index (χ0) is 32.9. The summed E-state index contributed by atoms with van der Waals surface area (Å²) in [6.07, 6.45) is 1.54. The Balaban J connectivity index is 5.84. The van der Waals surface area contributed by atoms with Gasteiger partial charge in [0.1, 0.15) is 24.2 Å². The van der Waals surface area contributed by atoms with E-state index in [-0.39, 0.29) is 25.3 Å². The van der Waals surface area contributed by atoms with Crippen LogP contribution < -0.4 is 49.9 Å². The lowest BCUT2D eigenvalue weighted by atomic mass is 10.0. The van der Waals surface area contributed by atoms with E-state index in [2.05, 4.69) is 20.9 Å². The Bertz CT molecular complexity index is 916. The molecule has 0 saturated carbocycles. The number of carbonyl (C=O) groups is 5. The van der Waals surface area contributed by atoms with Crippen LogP contribution in [-0.2, 0) is 24.0 Å². The highest BCUT2D eigenvalue weighted by Crippen LogP contribution is 2.07. The van der Waals surface area contributed by atoms with E-state index in [4.69, 9.17) is 33.8 Å². The first-order chi connectivity index (χ1) is 20.3. The van der Waals surface area contributed by atoms with E-state index in [0.717, 1.165) is 0 Å². The molecule has 0 aliphatic rings. The number of carboxylic acid groups (broad SMARTS) is 1. The number of aliphatic hydroxyl groups excluding tert-OH is 2. The maximum Gasteiger partial charge on any atom is 0.328 e. The number of carbonyl (C=O) groups excluding carboxylic acids is 4. The van der Waals surface area contributed by atoms with Crippen molar-refractivity contribution in [3.05, 3.63) is 0 Å².